The molecule has 0 aromatic carbocycles. The first kappa shape index (κ1) is 15.1. The highest BCUT2D eigenvalue weighted by molar-refractivity contribution is 7.10. The lowest BCUT2D eigenvalue weighted by atomic mass is 9.86. The number of ether oxygens (including phenoxy) is 2. The Kier molecular flexibility index (Phi) is 3.51. The molecule has 0 saturated carbocycles. The van der Waals surface area contributed by atoms with Gasteiger partial charge in [0.2, 0.25) is 5.91 Å². The molecule has 3 heterocycles. The molecule has 1 aromatic heterocycles. The first-order valence-electron chi connectivity index (χ1n) is 7.26. The van der Waals surface area contributed by atoms with Gasteiger partial charge in [-0.3, -0.25) is 4.79 Å². The smallest absolute Gasteiger partial charge is 0.417 e. The Labute approximate surface area is 133 Å². The molecule has 0 bridgehead atoms. The van der Waals surface area contributed by atoms with E-state index in [1.165, 1.54) is 4.90 Å². The van der Waals surface area contributed by atoms with Crippen molar-refractivity contribution in [2.45, 2.75) is 44.8 Å². The van der Waals surface area contributed by atoms with Crippen molar-refractivity contribution in [3.05, 3.63) is 28.1 Å². The zero-order valence-electron chi connectivity index (χ0n) is 12.9. The number of carbonyl (C=O) groups excluding carboxylic acids is 2. The fourth-order valence-electron chi connectivity index (χ4n) is 2.76. The molecule has 1 atom stereocenters. The lowest BCUT2D eigenvalue weighted by Crippen LogP contribution is -2.51. The number of thiophene rings is 1. The van der Waals surface area contributed by atoms with Gasteiger partial charge >= 0.3 is 6.09 Å². The number of fused-ring (bicyclic) bond motifs is 2. The molecule has 1 saturated heterocycles. The third kappa shape index (κ3) is 2.63. The predicted octanol–water partition coefficient (Wildman–Crippen LogP) is 3.50. The molecule has 118 valence electrons. The fourth-order valence-corrected chi connectivity index (χ4v) is 3.82. The summed E-state index contributed by atoms with van der Waals surface area (Å²) in [4.78, 5) is 26.8. The van der Waals surface area contributed by atoms with Crippen LogP contribution >= 0.6 is 11.3 Å². The van der Waals surface area contributed by atoms with Crippen molar-refractivity contribution in [2.75, 3.05) is 6.54 Å². The van der Waals surface area contributed by atoms with E-state index in [1.807, 2.05) is 17.5 Å². The topological polar surface area (TPSA) is 55.8 Å². The second-order valence-corrected chi connectivity index (χ2v) is 7.49. The highest BCUT2D eigenvalue weighted by atomic mass is 32.1. The van der Waals surface area contributed by atoms with E-state index in [1.54, 1.807) is 38.4 Å². The quantitative estimate of drug-likeness (QED) is 0.734. The predicted molar refractivity (Wildman–Crippen MR) is 83.3 cm³/mol. The van der Waals surface area contributed by atoms with Crippen molar-refractivity contribution in [3.63, 3.8) is 0 Å². The molecule has 0 aliphatic carbocycles. The van der Waals surface area contributed by atoms with Gasteiger partial charge in [-0.1, -0.05) is 0 Å². The van der Waals surface area contributed by atoms with Crippen LogP contribution in [0, 0.1) is 0 Å². The number of amides is 2. The molecule has 3 rings (SSSR count). The van der Waals surface area contributed by atoms with Gasteiger partial charge in [0.25, 0.3) is 0 Å². The van der Waals surface area contributed by atoms with Gasteiger partial charge in [0, 0.05) is 13.0 Å². The van der Waals surface area contributed by atoms with Crippen LogP contribution < -0.4 is 0 Å². The van der Waals surface area contributed by atoms with E-state index < -0.39 is 17.3 Å². The lowest BCUT2D eigenvalue weighted by Gasteiger charge is -2.41. The van der Waals surface area contributed by atoms with Gasteiger partial charge in [-0.2, -0.15) is 0 Å². The van der Waals surface area contributed by atoms with Crippen molar-refractivity contribution in [3.8, 4) is 0 Å². The van der Waals surface area contributed by atoms with Gasteiger partial charge in [0.05, 0.1) is 17.6 Å². The van der Waals surface area contributed by atoms with Crippen LogP contribution in [0.15, 0.2) is 17.7 Å². The van der Waals surface area contributed by atoms with Gasteiger partial charge < -0.3 is 9.47 Å². The van der Waals surface area contributed by atoms with Crippen molar-refractivity contribution in [1.29, 1.82) is 0 Å². The van der Waals surface area contributed by atoms with Gasteiger partial charge in [0.15, 0.2) is 5.60 Å². The molecule has 1 fully saturated rings. The average molecular weight is 321 g/mol. The van der Waals surface area contributed by atoms with Crippen molar-refractivity contribution in [1.82, 2.24) is 4.90 Å². The maximum Gasteiger partial charge on any atom is 0.417 e. The number of nitrogens with zero attached hydrogens (tertiary/aromatic N) is 1. The maximum absolute atomic E-state index is 12.5. The Hall–Kier alpha value is -1.82. The van der Waals surface area contributed by atoms with Gasteiger partial charge in [-0.25, -0.2) is 9.69 Å². The molecular weight excluding hydrogens is 302 g/mol. The van der Waals surface area contributed by atoms with Gasteiger partial charge in [-0.05, 0) is 43.9 Å². The lowest BCUT2D eigenvalue weighted by molar-refractivity contribution is -0.143. The van der Waals surface area contributed by atoms with E-state index in [4.69, 9.17) is 9.47 Å². The van der Waals surface area contributed by atoms with E-state index in [0.717, 1.165) is 10.4 Å². The molecule has 2 aliphatic rings. The van der Waals surface area contributed by atoms with E-state index in [0.29, 0.717) is 13.0 Å². The Bertz CT molecular complexity index is 643. The van der Waals surface area contributed by atoms with Crippen LogP contribution in [0.2, 0.25) is 0 Å². The summed E-state index contributed by atoms with van der Waals surface area (Å²) in [6.07, 6.45) is 3.71. The van der Waals surface area contributed by atoms with Crippen LogP contribution in [0.5, 0.6) is 0 Å². The molecule has 1 unspecified atom stereocenters. The van der Waals surface area contributed by atoms with Crippen molar-refractivity contribution >= 4 is 29.4 Å². The third-order valence-electron chi connectivity index (χ3n) is 3.74. The molecular formula is C16H19NO4S. The Balaban J connectivity index is 1.78. The first-order chi connectivity index (χ1) is 10.3. The monoisotopic (exact) mass is 321 g/mol. The minimum Gasteiger partial charge on any atom is -0.489 e. The molecule has 0 radical (unpaired) electrons. The highest BCUT2D eigenvalue weighted by Crippen LogP contribution is 2.44. The molecule has 2 aliphatic heterocycles. The Morgan fingerprint density at radius 3 is 2.91 bits per heavy atom. The number of piperidine rings is 1. The summed E-state index contributed by atoms with van der Waals surface area (Å²) < 4.78 is 11.1. The van der Waals surface area contributed by atoms with E-state index in [9.17, 15) is 9.59 Å². The first-order valence-corrected chi connectivity index (χ1v) is 8.14. The number of rotatable bonds is 0. The van der Waals surface area contributed by atoms with E-state index in [-0.39, 0.29) is 12.3 Å². The molecule has 1 aromatic rings. The molecule has 0 N–H and O–H groups in total. The normalized spacial score (nSPS) is 24.1. The largest absolute Gasteiger partial charge is 0.489 e. The maximum atomic E-state index is 12.5. The minimum atomic E-state index is -0.631. The summed E-state index contributed by atoms with van der Waals surface area (Å²) in [6, 6.07) is 2.02. The minimum absolute atomic E-state index is 0.157. The van der Waals surface area contributed by atoms with Crippen LogP contribution in [0.3, 0.4) is 0 Å². The Morgan fingerprint density at radius 1 is 1.45 bits per heavy atom. The molecule has 22 heavy (non-hydrogen) atoms. The SMILES string of the molecule is CC(C)(C)OC(=O)N1CCC2(CC1=O)OC=Cc1ccsc12. The molecule has 6 heteroatoms. The van der Waals surface area contributed by atoms with Crippen LogP contribution in [-0.2, 0) is 19.9 Å². The van der Waals surface area contributed by atoms with Crippen molar-refractivity contribution < 1.29 is 19.1 Å². The zero-order valence-corrected chi connectivity index (χ0v) is 13.7. The molecule has 2 amide bonds. The molecule has 5 nitrogen and oxygen atoms in total. The van der Waals surface area contributed by atoms with Crippen molar-refractivity contribution in [2.24, 2.45) is 0 Å². The van der Waals surface area contributed by atoms with Crippen LogP contribution in [0.25, 0.3) is 6.08 Å². The summed E-state index contributed by atoms with van der Waals surface area (Å²) >= 11 is 1.59. The zero-order chi connectivity index (χ0) is 16.0. The Morgan fingerprint density at radius 2 is 2.23 bits per heavy atom. The summed E-state index contributed by atoms with van der Waals surface area (Å²) in [5.41, 5.74) is -0.152. The van der Waals surface area contributed by atoms with Crippen LogP contribution in [0.4, 0.5) is 4.79 Å². The van der Waals surface area contributed by atoms with E-state index in [2.05, 4.69) is 0 Å². The summed E-state index contributed by atoms with van der Waals surface area (Å²) in [6.45, 7) is 5.66. The molecule has 1 spiro atoms. The second-order valence-electron chi connectivity index (χ2n) is 6.57. The summed E-state index contributed by atoms with van der Waals surface area (Å²) in [5.74, 6) is -0.254. The summed E-state index contributed by atoms with van der Waals surface area (Å²) in [7, 11) is 0. The standard InChI is InChI=1S/C16H19NO4S/c1-15(2,3)21-14(19)17-7-6-16(10-12(17)18)13-11(4-8-20-16)5-9-22-13/h4-5,8-9H,6-7,10H2,1-3H3. The summed E-state index contributed by atoms with van der Waals surface area (Å²) in [5, 5.41) is 2.00. The van der Waals surface area contributed by atoms with Gasteiger partial charge in [-0.15, -0.1) is 11.3 Å². The fraction of sp³-hybridized carbons (Fsp3) is 0.500. The number of imide groups is 1. The van der Waals surface area contributed by atoms with Crippen LogP contribution in [0.1, 0.15) is 44.1 Å². The number of hydrogen-bond acceptors (Lipinski definition) is 5. The van der Waals surface area contributed by atoms with Gasteiger partial charge in [0.1, 0.15) is 5.60 Å². The number of carbonyl (C=O) groups is 2. The number of hydrogen-bond donors (Lipinski definition) is 0. The van der Waals surface area contributed by atoms with Crippen LogP contribution in [-0.4, -0.2) is 29.0 Å². The number of likely N-dealkylation sites (tertiary alicyclic amines) is 1. The third-order valence-corrected chi connectivity index (χ3v) is 4.86. The second kappa shape index (κ2) is 5.12. The van der Waals surface area contributed by atoms with E-state index >= 15 is 0 Å². The average Bonchev–Trinajstić information content (AvgIpc) is 2.86. The highest BCUT2D eigenvalue weighted by Gasteiger charge is 2.47.